The summed E-state index contributed by atoms with van der Waals surface area (Å²) in [7, 11) is 1.86. The van der Waals surface area contributed by atoms with Gasteiger partial charge in [-0.3, -0.25) is 4.79 Å². The Hall–Kier alpha value is -3.66. The van der Waals surface area contributed by atoms with Crippen molar-refractivity contribution in [1.29, 1.82) is 0 Å². The van der Waals surface area contributed by atoms with E-state index in [1.807, 2.05) is 85.4 Å². The lowest BCUT2D eigenvalue weighted by atomic mass is 9.97. The van der Waals surface area contributed by atoms with Crippen LogP contribution in [-0.4, -0.2) is 27.6 Å². The van der Waals surface area contributed by atoms with E-state index in [9.17, 15) is 4.79 Å². The molecule has 29 heavy (non-hydrogen) atoms. The predicted molar refractivity (Wildman–Crippen MR) is 115 cm³/mol. The summed E-state index contributed by atoms with van der Waals surface area (Å²) in [6.07, 6.45) is 1.77. The van der Waals surface area contributed by atoms with Crippen LogP contribution < -0.4 is 0 Å². The zero-order valence-corrected chi connectivity index (χ0v) is 16.6. The zero-order valence-electron chi connectivity index (χ0n) is 16.6. The van der Waals surface area contributed by atoms with Crippen molar-refractivity contribution in [3.63, 3.8) is 0 Å². The van der Waals surface area contributed by atoms with Crippen LogP contribution in [0.1, 0.15) is 33.2 Å². The molecule has 4 aromatic rings. The van der Waals surface area contributed by atoms with Gasteiger partial charge in [0.1, 0.15) is 0 Å². The maximum atomic E-state index is 13.3. The third-order valence-electron chi connectivity index (χ3n) is 5.13. The number of benzene rings is 3. The molecule has 0 aliphatic carbocycles. The number of hydrogen-bond acceptors (Lipinski definition) is 2. The van der Waals surface area contributed by atoms with Gasteiger partial charge in [0.05, 0.1) is 11.7 Å². The summed E-state index contributed by atoms with van der Waals surface area (Å²) in [6.45, 7) is 2.00. The smallest absolute Gasteiger partial charge is 0.254 e. The highest BCUT2D eigenvalue weighted by molar-refractivity contribution is 5.94. The van der Waals surface area contributed by atoms with Gasteiger partial charge < -0.3 is 4.90 Å². The normalized spacial score (nSPS) is 10.9. The molecule has 1 heterocycles. The first-order chi connectivity index (χ1) is 14.1. The van der Waals surface area contributed by atoms with Crippen LogP contribution in [0.2, 0.25) is 0 Å². The van der Waals surface area contributed by atoms with Gasteiger partial charge in [-0.2, -0.15) is 5.10 Å². The Morgan fingerprint density at radius 2 is 1.38 bits per heavy atom. The van der Waals surface area contributed by atoms with Crippen molar-refractivity contribution < 1.29 is 4.79 Å². The van der Waals surface area contributed by atoms with Crippen molar-refractivity contribution in [3.05, 3.63) is 120 Å². The Balaban J connectivity index is 1.65. The Morgan fingerprint density at radius 3 is 1.86 bits per heavy atom. The van der Waals surface area contributed by atoms with Gasteiger partial charge in [0.25, 0.3) is 5.91 Å². The van der Waals surface area contributed by atoms with Gasteiger partial charge in [0.2, 0.25) is 0 Å². The van der Waals surface area contributed by atoms with E-state index in [2.05, 4.69) is 29.4 Å². The summed E-state index contributed by atoms with van der Waals surface area (Å²) in [4.78, 5) is 15.1. The highest BCUT2D eigenvalue weighted by Crippen LogP contribution is 2.28. The van der Waals surface area contributed by atoms with E-state index in [4.69, 9.17) is 0 Å². The summed E-state index contributed by atoms with van der Waals surface area (Å²) < 4.78 is 1.86. The van der Waals surface area contributed by atoms with Gasteiger partial charge in [-0.25, -0.2) is 4.68 Å². The van der Waals surface area contributed by atoms with Crippen LogP contribution >= 0.6 is 0 Å². The van der Waals surface area contributed by atoms with Gasteiger partial charge in [-0.15, -0.1) is 0 Å². The van der Waals surface area contributed by atoms with E-state index >= 15 is 0 Å². The first kappa shape index (κ1) is 18.7. The fourth-order valence-corrected chi connectivity index (χ4v) is 3.62. The molecule has 1 aromatic heterocycles. The van der Waals surface area contributed by atoms with Gasteiger partial charge in [0, 0.05) is 24.5 Å². The monoisotopic (exact) mass is 381 g/mol. The maximum Gasteiger partial charge on any atom is 0.254 e. The Morgan fingerprint density at radius 1 is 0.828 bits per heavy atom. The molecule has 0 unspecified atom stereocenters. The van der Waals surface area contributed by atoms with Crippen LogP contribution in [0.25, 0.3) is 5.69 Å². The molecule has 0 atom stereocenters. The number of rotatable bonds is 5. The molecule has 144 valence electrons. The first-order valence-corrected chi connectivity index (χ1v) is 9.63. The van der Waals surface area contributed by atoms with Crippen LogP contribution in [0.3, 0.4) is 0 Å². The van der Waals surface area contributed by atoms with Crippen molar-refractivity contribution in [3.8, 4) is 5.69 Å². The maximum absolute atomic E-state index is 13.3. The van der Waals surface area contributed by atoms with Gasteiger partial charge in [-0.05, 0) is 48.4 Å². The minimum absolute atomic E-state index is 0.0218. The van der Waals surface area contributed by atoms with E-state index < -0.39 is 0 Å². The van der Waals surface area contributed by atoms with Crippen LogP contribution in [-0.2, 0) is 0 Å². The molecular weight excluding hydrogens is 358 g/mol. The van der Waals surface area contributed by atoms with E-state index in [0.717, 1.165) is 22.5 Å². The minimum Gasteiger partial charge on any atom is -0.331 e. The number of hydrogen-bond donors (Lipinski definition) is 0. The standard InChI is InChI=1S/C25H23N3O/c1-19-17-18-26-28(19)23-15-13-22(14-16-23)25(29)27(2)24(20-9-5-3-6-10-20)21-11-7-4-8-12-21/h3-18,24H,1-2H3. The van der Waals surface area contributed by atoms with Crippen LogP contribution in [0.5, 0.6) is 0 Å². The Kier molecular flexibility index (Phi) is 5.25. The molecule has 0 radical (unpaired) electrons. The summed E-state index contributed by atoms with van der Waals surface area (Å²) in [5.41, 5.74) is 4.80. The molecule has 0 saturated carbocycles. The Labute approximate surface area is 171 Å². The quantitative estimate of drug-likeness (QED) is 0.486. The molecule has 4 nitrogen and oxygen atoms in total. The SMILES string of the molecule is Cc1ccnn1-c1ccc(C(=O)N(C)C(c2ccccc2)c2ccccc2)cc1. The summed E-state index contributed by atoms with van der Waals surface area (Å²) >= 11 is 0. The largest absolute Gasteiger partial charge is 0.331 e. The minimum atomic E-state index is -0.155. The zero-order chi connectivity index (χ0) is 20.2. The van der Waals surface area contributed by atoms with Crippen molar-refractivity contribution in [1.82, 2.24) is 14.7 Å². The molecule has 4 heteroatoms. The molecule has 0 fully saturated rings. The number of carbonyl (C=O) groups excluding carboxylic acids is 1. The molecule has 1 amide bonds. The molecular formula is C25H23N3O. The van der Waals surface area contributed by atoms with Crippen molar-refractivity contribution in [2.75, 3.05) is 7.05 Å². The van der Waals surface area contributed by atoms with Crippen molar-refractivity contribution in [2.24, 2.45) is 0 Å². The fourth-order valence-electron chi connectivity index (χ4n) is 3.62. The first-order valence-electron chi connectivity index (χ1n) is 9.63. The molecule has 0 bridgehead atoms. The lowest BCUT2D eigenvalue weighted by Gasteiger charge is -2.29. The highest BCUT2D eigenvalue weighted by atomic mass is 16.2. The predicted octanol–water partition coefficient (Wildman–Crippen LogP) is 5.04. The molecule has 0 aliphatic rings. The third kappa shape index (κ3) is 3.83. The average Bonchev–Trinajstić information content (AvgIpc) is 3.21. The number of nitrogens with zero attached hydrogens (tertiary/aromatic N) is 3. The van der Waals surface area contributed by atoms with Gasteiger partial charge in [0.15, 0.2) is 0 Å². The van der Waals surface area contributed by atoms with Gasteiger partial charge >= 0.3 is 0 Å². The van der Waals surface area contributed by atoms with E-state index in [1.54, 1.807) is 11.1 Å². The van der Waals surface area contributed by atoms with Crippen LogP contribution in [0, 0.1) is 6.92 Å². The topological polar surface area (TPSA) is 38.1 Å². The summed E-state index contributed by atoms with van der Waals surface area (Å²) in [6, 6.07) is 29.6. The van der Waals surface area contributed by atoms with E-state index in [0.29, 0.717) is 5.56 Å². The number of aryl methyl sites for hydroxylation is 1. The van der Waals surface area contributed by atoms with Crippen molar-refractivity contribution >= 4 is 5.91 Å². The number of aromatic nitrogens is 2. The second kappa shape index (κ2) is 8.15. The molecule has 0 N–H and O–H groups in total. The lowest BCUT2D eigenvalue weighted by Crippen LogP contribution is -2.32. The van der Waals surface area contributed by atoms with Crippen LogP contribution in [0.15, 0.2) is 97.2 Å². The van der Waals surface area contributed by atoms with Gasteiger partial charge in [-0.1, -0.05) is 60.7 Å². The Bertz CT molecular complexity index is 1050. The molecule has 0 aliphatic heterocycles. The fraction of sp³-hybridized carbons (Fsp3) is 0.120. The molecule has 3 aromatic carbocycles. The van der Waals surface area contributed by atoms with Crippen LogP contribution in [0.4, 0.5) is 0 Å². The molecule has 0 spiro atoms. The number of carbonyl (C=O) groups is 1. The molecule has 0 saturated heterocycles. The van der Waals surface area contributed by atoms with E-state index in [-0.39, 0.29) is 11.9 Å². The van der Waals surface area contributed by atoms with Crippen molar-refractivity contribution in [2.45, 2.75) is 13.0 Å². The summed E-state index contributed by atoms with van der Waals surface area (Å²) in [5.74, 6) is -0.0218. The third-order valence-corrected chi connectivity index (χ3v) is 5.13. The summed E-state index contributed by atoms with van der Waals surface area (Å²) in [5, 5.41) is 4.32. The highest BCUT2D eigenvalue weighted by Gasteiger charge is 2.24. The average molecular weight is 381 g/mol. The number of amides is 1. The second-order valence-electron chi connectivity index (χ2n) is 7.07. The van der Waals surface area contributed by atoms with E-state index in [1.165, 1.54) is 0 Å². The lowest BCUT2D eigenvalue weighted by molar-refractivity contribution is 0.0755. The molecule has 4 rings (SSSR count). The second-order valence-corrected chi connectivity index (χ2v) is 7.07.